The molecule has 0 fully saturated rings. The molecule has 2 aliphatic rings. The fourth-order valence-corrected chi connectivity index (χ4v) is 5.31. The van der Waals surface area contributed by atoms with Crippen LogP contribution in [0.2, 0.25) is 0 Å². The van der Waals surface area contributed by atoms with Crippen LogP contribution in [0.4, 0.5) is 0 Å². The second-order valence-electron chi connectivity index (χ2n) is 8.90. The molecule has 1 heterocycles. The zero-order valence-electron chi connectivity index (χ0n) is 19.0. The van der Waals surface area contributed by atoms with Crippen molar-refractivity contribution >= 4 is 27.1 Å². The summed E-state index contributed by atoms with van der Waals surface area (Å²) in [5, 5.41) is 14.4. The van der Waals surface area contributed by atoms with Gasteiger partial charge in [-0.25, -0.2) is 4.98 Å². The molecular formula is C31H26N2O. The van der Waals surface area contributed by atoms with Crippen LogP contribution >= 0.6 is 0 Å². The first kappa shape index (κ1) is 20.5. The van der Waals surface area contributed by atoms with E-state index in [9.17, 15) is 5.11 Å². The summed E-state index contributed by atoms with van der Waals surface area (Å²) in [7, 11) is 0. The highest BCUT2D eigenvalue weighted by atomic mass is 16.3. The highest BCUT2D eigenvalue weighted by Gasteiger charge is 2.20. The van der Waals surface area contributed by atoms with E-state index < -0.39 is 0 Å². The lowest BCUT2D eigenvalue weighted by molar-refractivity contribution is 0.481. The second kappa shape index (κ2) is 8.68. The standard InChI is InChI=1S/C18H16.C13H10N2O/c1-3-7-15-13(5-1)9-11-18-16-8-4-2-6-14(16)10-12-17(15)18;16-13-6-2-3-9-10(4-1-5-11(9)13)12-7-14-8-15-12/h1,3-5,7-9,11H,2,6,10,12H2;1-8,16H,(H,14,15). The number of H-pyrrole nitrogens is 1. The Morgan fingerprint density at radius 2 is 1.59 bits per heavy atom. The van der Waals surface area contributed by atoms with E-state index in [2.05, 4.69) is 58.5 Å². The summed E-state index contributed by atoms with van der Waals surface area (Å²) in [6.07, 6.45) is 13.1. The minimum atomic E-state index is 0.301. The number of hydrogen-bond acceptors (Lipinski definition) is 2. The van der Waals surface area contributed by atoms with E-state index in [1.807, 2.05) is 36.5 Å². The number of aromatic hydroxyl groups is 1. The third-order valence-corrected chi connectivity index (χ3v) is 6.96. The Labute approximate surface area is 199 Å². The number of nitrogens with one attached hydrogen (secondary N) is 1. The molecule has 2 aliphatic carbocycles. The van der Waals surface area contributed by atoms with E-state index in [-0.39, 0.29) is 0 Å². The average molecular weight is 443 g/mol. The summed E-state index contributed by atoms with van der Waals surface area (Å²) in [5.41, 5.74) is 8.11. The molecule has 0 saturated heterocycles. The maximum absolute atomic E-state index is 9.76. The van der Waals surface area contributed by atoms with Gasteiger partial charge >= 0.3 is 0 Å². The van der Waals surface area contributed by atoms with Crippen molar-refractivity contribution in [2.24, 2.45) is 0 Å². The number of phenols is 1. The number of benzene rings is 4. The fraction of sp³-hybridized carbons (Fsp3) is 0.129. The van der Waals surface area contributed by atoms with Crippen LogP contribution in [0.3, 0.4) is 0 Å². The topological polar surface area (TPSA) is 48.9 Å². The Kier molecular flexibility index (Phi) is 5.23. The number of aryl methyl sites for hydroxylation is 1. The van der Waals surface area contributed by atoms with E-state index in [1.54, 1.807) is 23.5 Å². The molecule has 7 rings (SSSR count). The third-order valence-electron chi connectivity index (χ3n) is 6.96. The number of phenolic OH excluding ortho intramolecular Hbond substituents is 1. The van der Waals surface area contributed by atoms with Gasteiger partial charge in [0.05, 0.1) is 12.0 Å². The van der Waals surface area contributed by atoms with Gasteiger partial charge < -0.3 is 10.1 Å². The maximum Gasteiger partial charge on any atom is 0.123 e. The lowest BCUT2D eigenvalue weighted by Gasteiger charge is -2.25. The highest BCUT2D eigenvalue weighted by molar-refractivity contribution is 5.99. The molecule has 0 saturated carbocycles. The van der Waals surface area contributed by atoms with Gasteiger partial charge in [-0.15, -0.1) is 0 Å². The summed E-state index contributed by atoms with van der Waals surface area (Å²) in [6.45, 7) is 0. The molecule has 2 N–H and O–H groups in total. The average Bonchev–Trinajstić information content (AvgIpc) is 3.44. The minimum Gasteiger partial charge on any atom is -0.507 e. The van der Waals surface area contributed by atoms with E-state index >= 15 is 0 Å². The van der Waals surface area contributed by atoms with Gasteiger partial charge in [0, 0.05) is 17.1 Å². The number of aromatic nitrogens is 2. The lowest BCUT2D eigenvalue weighted by atomic mass is 9.80. The van der Waals surface area contributed by atoms with Crippen molar-refractivity contribution in [3.63, 3.8) is 0 Å². The van der Waals surface area contributed by atoms with Gasteiger partial charge in [-0.1, -0.05) is 84.5 Å². The number of aromatic amines is 1. The molecule has 3 nitrogen and oxygen atoms in total. The molecule has 34 heavy (non-hydrogen) atoms. The zero-order chi connectivity index (χ0) is 22.9. The number of nitrogens with zero attached hydrogens (tertiary/aromatic N) is 1. The van der Waals surface area contributed by atoms with Crippen molar-refractivity contribution in [1.29, 1.82) is 0 Å². The predicted octanol–water partition coefficient (Wildman–Crippen LogP) is 7.83. The van der Waals surface area contributed by atoms with Crippen molar-refractivity contribution in [3.8, 4) is 17.0 Å². The van der Waals surface area contributed by atoms with Gasteiger partial charge in [0.1, 0.15) is 5.75 Å². The summed E-state index contributed by atoms with van der Waals surface area (Å²) in [5.74, 6) is 0.301. The number of allylic oxidation sites excluding steroid dienone is 4. The monoisotopic (exact) mass is 442 g/mol. The molecule has 0 spiro atoms. The predicted molar refractivity (Wildman–Crippen MR) is 141 cm³/mol. The van der Waals surface area contributed by atoms with Crippen LogP contribution in [0, 0.1) is 0 Å². The molecule has 0 atom stereocenters. The first-order valence-electron chi connectivity index (χ1n) is 11.9. The summed E-state index contributed by atoms with van der Waals surface area (Å²) < 4.78 is 0. The van der Waals surface area contributed by atoms with Gasteiger partial charge in [0.15, 0.2) is 0 Å². The minimum absolute atomic E-state index is 0.301. The summed E-state index contributed by atoms with van der Waals surface area (Å²) in [6, 6.07) is 24.7. The molecule has 5 aromatic rings. The van der Waals surface area contributed by atoms with E-state index in [0.717, 1.165) is 22.0 Å². The molecule has 4 aromatic carbocycles. The number of imidazole rings is 1. The molecule has 0 amide bonds. The largest absolute Gasteiger partial charge is 0.507 e. The van der Waals surface area contributed by atoms with Crippen molar-refractivity contribution in [2.45, 2.75) is 25.7 Å². The van der Waals surface area contributed by atoms with E-state index in [1.165, 1.54) is 47.6 Å². The molecule has 0 radical (unpaired) electrons. The maximum atomic E-state index is 9.76. The summed E-state index contributed by atoms with van der Waals surface area (Å²) in [4.78, 5) is 7.16. The van der Waals surface area contributed by atoms with Crippen LogP contribution in [-0.2, 0) is 6.42 Å². The smallest absolute Gasteiger partial charge is 0.123 e. The quantitative estimate of drug-likeness (QED) is 0.278. The summed E-state index contributed by atoms with van der Waals surface area (Å²) >= 11 is 0. The molecule has 1 aromatic heterocycles. The number of rotatable bonds is 1. The molecule has 3 heteroatoms. The van der Waals surface area contributed by atoms with E-state index in [0.29, 0.717) is 5.75 Å². The van der Waals surface area contributed by atoms with Crippen molar-refractivity contribution in [2.75, 3.05) is 0 Å². The van der Waals surface area contributed by atoms with Gasteiger partial charge in [0.2, 0.25) is 0 Å². The Morgan fingerprint density at radius 1 is 0.735 bits per heavy atom. The first-order chi connectivity index (χ1) is 16.8. The second-order valence-corrected chi connectivity index (χ2v) is 8.90. The Bertz CT molecular complexity index is 1560. The first-order valence-corrected chi connectivity index (χ1v) is 11.9. The molecular weight excluding hydrogens is 416 g/mol. The van der Waals surface area contributed by atoms with Crippen LogP contribution in [-0.4, -0.2) is 15.1 Å². The highest BCUT2D eigenvalue weighted by Crippen LogP contribution is 2.39. The normalized spacial score (nSPS) is 14.5. The molecule has 166 valence electrons. The van der Waals surface area contributed by atoms with Crippen molar-refractivity contribution in [3.05, 3.63) is 114 Å². The van der Waals surface area contributed by atoms with Gasteiger partial charge in [0.25, 0.3) is 0 Å². The van der Waals surface area contributed by atoms with Crippen molar-refractivity contribution < 1.29 is 5.11 Å². The van der Waals surface area contributed by atoms with Crippen LogP contribution < -0.4 is 0 Å². The molecule has 0 unspecified atom stereocenters. The van der Waals surface area contributed by atoms with Crippen LogP contribution in [0.25, 0.3) is 38.4 Å². The van der Waals surface area contributed by atoms with Gasteiger partial charge in [-0.2, -0.15) is 0 Å². The SMILES string of the molecule is C1=CC2=C(CC1)CCc1c2ccc2ccccc12.Oc1cccc2c(-c3c[nH]cn3)cccc12. The Balaban J connectivity index is 0.000000129. The van der Waals surface area contributed by atoms with Crippen LogP contribution in [0.1, 0.15) is 30.4 Å². The van der Waals surface area contributed by atoms with Gasteiger partial charge in [-0.05, 0) is 64.6 Å². The molecule has 0 bridgehead atoms. The lowest BCUT2D eigenvalue weighted by Crippen LogP contribution is -2.06. The van der Waals surface area contributed by atoms with Crippen molar-refractivity contribution in [1.82, 2.24) is 9.97 Å². The molecule has 0 aliphatic heterocycles. The Morgan fingerprint density at radius 3 is 2.50 bits per heavy atom. The number of hydrogen-bond donors (Lipinski definition) is 2. The zero-order valence-corrected chi connectivity index (χ0v) is 19.0. The number of fused-ring (bicyclic) bond motifs is 5. The van der Waals surface area contributed by atoms with E-state index in [4.69, 9.17) is 0 Å². The van der Waals surface area contributed by atoms with Crippen LogP contribution in [0.15, 0.2) is 103 Å². The fourth-order valence-electron chi connectivity index (χ4n) is 5.31. The van der Waals surface area contributed by atoms with Crippen LogP contribution in [0.5, 0.6) is 5.75 Å². The third kappa shape index (κ3) is 3.60. The Hall–Kier alpha value is -4.11. The van der Waals surface area contributed by atoms with Gasteiger partial charge in [-0.3, -0.25) is 0 Å².